The molecule has 0 aromatic carbocycles. The highest BCUT2D eigenvalue weighted by atomic mass is 16.5. The number of carbonyl (C=O) groups excluding carboxylic acids is 1. The SMILES string of the molecule is CCOC(=O)CCCCC(C)=NN=C(C(C)C)C(C)C. The molecular weight excluding hydrogens is 252 g/mol. The van der Waals surface area contributed by atoms with Gasteiger partial charge in [0.25, 0.3) is 0 Å². The zero-order chi connectivity index (χ0) is 15.5. The molecule has 0 atom stereocenters. The molecule has 116 valence electrons. The molecule has 0 radical (unpaired) electrons. The maximum atomic E-state index is 11.2. The molecule has 4 nitrogen and oxygen atoms in total. The summed E-state index contributed by atoms with van der Waals surface area (Å²) in [5.41, 5.74) is 2.16. The highest BCUT2D eigenvalue weighted by Crippen LogP contribution is 2.09. The van der Waals surface area contributed by atoms with Gasteiger partial charge in [-0.25, -0.2) is 0 Å². The second kappa shape index (κ2) is 10.6. The Hall–Kier alpha value is -1.19. The molecule has 20 heavy (non-hydrogen) atoms. The van der Waals surface area contributed by atoms with E-state index in [1.807, 2.05) is 13.8 Å². The zero-order valence-corrected chi connectivity index (χ0v) is 13.9. The molecule has 0 aliphatic heterocycles. The fraction of sp³-hybridized carbons (Fsp3) is 0.812. The Morgan fingerprint density at radius 3 is 2.05 bits per heavy atom. The second-order valence-electron chi connectivity index (χ2n) is 5.68. The van der Waals surface area contributed by atoms with Crippen LogP contribution in [0.25, 0.3) is 0 Å². The van der Waals surface area contributed by atoms with Crippen molar-refractivity contribution in [2.45, 2.75) is 67.2 Å². The quantitative estimate of drug-likeness (QED) is 0.275. The first kappa shape index (κ1) is 18.8. The van der Waals surface area contributed by atoms with Crippen LogP contribution >= 0.6 is 0 Å². The molecule has 0 N–H and O–H groups in total. The highest BCUT2D eigenvalue weighted by Gasteiger charge is 2.09. The van der Waals surface area contributed by atoms with Crippen LogP contribution < -0.4 is 0 Å². The number of unbranched alkanes of at least 4 members (excludes halogenated alkanes) is 1. The first-order valence-corrected chi connectivity index (χ1v) is 7.65. The lowest BCUT2D eigenvalue weighted by atomic mass is 9.98. The smallest absolute Gasteiger partial charge is 0.305 e. The van der Waals surface area contributed by atoms with Gasteiger partial charge in [-0.05, 0) is 44.9 Å². The molecular formula is C16H30N2O2. The van der Waals surface area contributed by atoms with E-state index in [0.717, 1.165) is 30.7 Å². The number of hydrogen-bond donors (Lipinski definition) is 0. The molecule has 0 aromatic rings. The molecule has 0 saturated carbocycles. The van der Waals surface area contributed by atoms with Crippen molar-refractivity contribution in [2.75, 3.05) is 6.61 Å². The summed E-state index contributed by atoms with van der Waals surface area (Å²) in [6.45, 7) is 12.8. The molecule has 0 rings (SSSR count). The molecule has 0 fully saturated rings. The van der Waals surface area contributed by atoms with Crippen molar-refractivity contribution in [1.82, 2.24) is 0 Å². The first-order chi connectivity index (χ1) is 9.38. The Bertz CT molecular complexity index is 334. The molecule has 0 spiro atoms. The second-order valence-corrected chi connectivity index (χ2v) is 5.68. The van der Waals surface area contributed by atoms with E-state index in [-0.39, 0.29) is 5.97 Å². The van der Waals surface area contributed by atoms with Crippen LogP contribution in [0.4, 0.5) is 0 Å². The van der Waals surface area contributed by atoms with E-state index in [4.69, 9.17) is 4.74 Å². The molecule has 0 saturated heterocycles. The van der Waals surface area contributed by atoms with Gasteiger partial charge in [0.05, 0.1) is 6.61 Å². The lowest BCUT2D eigenvalue weighted by Crippen LogP contribution is -2.14. The number of nitrogens with zero attached hydrogens (tertiary/aromatic N) is 2. The van der Waals surface area contributed by atoms with E-state index < -0.39 is 0 Å². The van der Waals surface area contributed by atoms with Crippen LogP contribution in [0.3, 0.4) is 0 Å². The summed E-state index contributed by atoms with van der Waals surface area (Å²) in [6, 6.07) is 0. The van der Waals surface area contributed by atoms with Gasteiger partial charge in [-0.15, -0.1) is 0 Å². The van der Waals surface area contributed by atoms with Crippen molar-refractivity contribution in [3.05, 3.63) is 0 Å². The van der Waals surface area contributed by atoms with E-state index in [2.05, 4.69) is 37.9 Å². The van der Waals surface area contributed by atoms with Gasteiger partial charge in [-0.2, -0.15) is 10.2 Å². The minimum atomic E-state index is -0.109. The van der Waals surface area contributed by atoms with Crippen molar-refractivity contribution in [2.24, 2.45) is 22.0 Å². The Kier molecular flexibility index (Phi) is 9.95. The summed E-state index contributed by atoms with van der Waals surface area (Å²) in [4.78, 5) is 11.2. The van der Waals surface area contributed by atoms with Crippen LogP contribution in [-0.2, 0) is 9.53 Å². The maximum Gasteiger partial charge on any atom is 0.305 e. The highest BCUT2D eigenvalue weighted by molar-refractivity contribution is 5.89. The van der Waals surface area contributed by atoms with E-state index in [0.29, 0.717) is 24.9 Å². The van der Waals surface area contributed by atoms with Crippen LogP contribution in [-0.4, -0.2) is 24.0 Å². The van der Waals surface area contributed by atoms with Gasteiger partial charge < -0.3 is 4.74 Å². The predicted molar refractivity (Wildman–Crippen MR) is 85.3 cm³/mol. The number of esters is 1. The molecule has 0 aliphatic rings. The summed E-state index contributed by atoms with van der Waals surface area (Å²) in [5.74, 6) is 0.743. The summed E-state index contributed by atoms with van der Waals surface area (Å²) < 4.78 is 4.89. The van der Waals surface area contributed by atoms with Crippen LogP contribution in [0.2, 0.25) is 0 Å². The molecule has 0 unspecified atom stereocenters. The van der Waals surface area contributed by atoms with Crippen LogP contribution in [0.15, 0.2) is 10.2 Å². The Morgan fingerprint density at radius 1 is 1.00 bits per heavy atom. The average Bonchev–Trinajstić information content (AvgIpc) is 2.34. The lowest BCUT2D eigenvalue weighted by molar-refractivity contribution is -0.143. The van der Waals surface area contributed by atoms with Crippen molar-refractivity contribution in [3.63, 3.8) is 0 Å². The Balaban J connectivity index is 4.14. The monoisotopic (exact) mass is 282 g/mol. The Morgan fingerprint density at radius 2 is 1.55 bits per heavy atom. The zero-order valence-electron chi connectivity index (χ0n) is 13.9. The molecule has 4 heteroatoms. The Labute approximate surface area is 123 Å². The number of rotatable bonds is 9. The van der Waals surface area contributed by atoms with Crippen molar-refractivity contribution >= 4 is 17.4 Å². The topological polar surface area (TPSA) is 51.0 Å². The molecule has 0 aliphatic carbocycles. The third kappa shape index (κ3) is 8.83. The molecule has 0 heterocycles. The van der Waals surface area contributed by atoms with E-state index in [1.165, 1.54) is 0 Å². The molecule has 0 aromatic heterocycles. The van der Waals surface area contributed by atoms with E-state index in [1.54, 1.807) is 0 Å². The minimum absolute atomic E-state index is 0.109. The summed E-state index contributed by atoms with van der Waals surface area (Å²) in [6.07, 6.45) is 3.17. The standard InChI is InChI=1S/C16H30N2O2/c1-7-20-15(19)11-9-8-10-14(6)17-18-16(12(2)3)13(4)5/h12-13H,7-11H2,1-6H3. The third-order valence-corrected chi connectivity index (χ3v) is 2.99. The summed E-state index contributed by atoms with van der Waals surface area (Å²) >= 11 is 0. The first-order valence-electron chi connectivity index (χ1n) is 7.65. The van der Waals surface area contributed by atoms with Crippen molar-refractivity contribution in [3.8, 4) is 0 Å². The largest absolute Gasteiger partial charge is 0.466 e. The summed E-state index contributed by atoms with van der Waals surface area (Å²) in [7, 11) is 0. The number of hydrogen-bond acceptors (Lipinski definition) is 4. The van der Waals surface area contributed by atoms with Crippen molar-refractivity contribution < 1.29 is 9.53 Å². The van der Waals surface area contributed by atoms with E-state index in [9.17, 15) is 4.79 Å². The summed E-state index contributed by atoms with van der Waals surface area (Å²) in [5, 5.41) is 8.69. The fourth-order valence-electron chi connectivity index (χ4n) is 1.97. The van der Waals surface area contributed by atoms with Crippen LogP contribution in [0.5, 0.6) is 0 Å². The van der Waals surface area contributed by atoms with Crippen molar-refractivity contribution in [1.29, 1.82) is 0 Å². The van der Waals surface area contributed by atoms with Crippen LogP contribution in [0, 0.1) is 11.8 Å². The van der Waals surface area contributed by atoms with E-state index >= 15 is 0 Å². The van der Waals surface area contributed by atoms with Gasteiger partial charge in [0.15, 0.2) is 0 Å². The number of ether oxygens (including phenoxy) is 1. The van der Waals surface area contributed by atoms with Gasteiger partial charge in [0.1, 0.15) is 0 Å². The maximum absolute atomic E-state index is 11.2. The molecule has 0 bridgehead atoms. The predicted octanol–water partition coefficient (Wildman–Crippen LogP) is 4.24. The van der Waals surface area contributed by atoms with Gasteiger partial charge in [0, 0.05) is 17.8 Å². The van der Waals surface area contributed by atoms with Gasteiger partial charge >= 0.3 is 5.97 Å². The minimum Gasteiger partial charge on any atom is -0.466 e. The van der Waals surface area contributed by atoms with Gasteiger partial charge in [-0.3, -0.25) is 4.79 Å². The van der Waals surface area contributed by atoms with Gasteiger partial charge in [-0.1, -0.05) is 27.7 Å². The van der Waals surface area contributed by atoms with Crippen LogP contribution in [0.1, 0.15) is 67.2 Å². The molecule has 0 amide bonds. The third-order valence-electron chi connectivity index (χ3n) is 2.99. The number of carbonyl (C=O) groups is 1. The normalized spacial score (nSPS) is 11.9. The average molecular weight is 282 g/mol. The fourth-order valence-corrected chi connectivity index (χ4v) is 1.97. The van der Waals surface area contributed by atoms with Gasteiger partial charge in [0.2, 0.25) is 0 Å². The lowest BCUT2D eigenvalue weighted by Gasteiger charge is -2.11.